The summed E-state index contributed by atoms with van der Waals surface area (Å²) in [6.45, 7) is 0.558. The van der Waals surface area contributed by atoms with Crippen molar-refractivity contribution in [1.29, 1.82) is 0 Å². The molecule has 1 aliphatic heterocycles. The second kappa shape index (κ2) is 4.57. The van der Waals surface area contributed by atoms with Gasteiger partial charge < -0.3 is 9.67 Å². The number of carboxylic acid groups (broad SMARTS) is 1. The van der Waals surface area contributed by atoms with Crippen molar-refractivity contribution in [2.75, 3.05) is 0 Å². The number of carboxylic acids is 1. The predicted octanol–water partition coefficient (Wildman–Crippen LogP) is 2.18. The molecular formula is C13H14N2O2S. The summed E-state index contributed by atoms with van der Waals surface area (Å²) in [6, 6.07) is 4.14. The van der Waals surface area contributed by atoms with Gasteiger partial charge in [-0.2, -0.15) is 0 Å². The molecule has 0 saturated heterocycles. The molecule has 1 aliphatic rings. The summed E-state index contributed by atoms with van der Waals surface area (Å²) in [5, 5.41) is 11.1. The largest absolute Gasteiger partial charge is 0.481 e. The molecular weight excluding hydrogens is 248 g/mol. The first-order chi connectivity index (χ1) is 8.72. The first-order valence-electron chi connectivity index (χ1n) is 6.02. The quantitative estimate of drug-likeness (QED) is 0.922. The average molecular weight is 262 g/mol. The van der Waals surface area contributed by atoms with E-state index in [1.807, 2.05) is 16.8 Å². The maximum absolute atomic E-state index is 11.0. The summed E-state index contributed by atoms with van der Waals surface area (Å²) in [5.41, 5.74) is 1.04. The van der Waals surface area contributed by atoms with Gasteiger partial charge in [0, 0.05) is 30.5 Å². The van der Waals surface area contributed by atoms with Crippen LogP contribution in [0.15, 0.2) is 23.7 Å². The van der Waals surface area contributed by atoms with Gasteiger partial charge in [0.05, 0.1) is 11.6 Å². The molecule has 2 aromatic heterocycles. The molecule has 1 atom stereocenters. The molecule has 0 aromatic carbocycles. The average Bonchev–Trinajstić information content (AvgIpc) is 2.96. The molecule has 0 amide bonds. The van der Waals surface area contributed by atoms with Gasteiger partial charge in [0.25, 0.3) is 0 Å². The van der Waals surface area contributed by atoms with Crippen molar-refractivity contribution in [2.45, 2.75) is 25.8 Å². The lowest BCUT2D eigenvalue weighted by Crippen LogP contribution is -2.26. The first-order valence-corrected chi connectivity index (χ1v) is 6.90. The predicted molar refractivity (Wildman–Crippen MR) is 68.8 cm³/mol. The van der Waals surface area contributed by atoms with Crippen LogP contribution < -0.4 is 0 Å². The number of fused-ring (bicyclic) bond motifs is 1. The Hall–Kier alpha value is -1.62. The van der Waals surface area contributed by atoms with Crippen LogP contribution in [0.4, 0.5) is 0 Å². The van der Waals surface area contributed by atoms with Gasteiger partial charge in [0.15, 0.2) is 0 Å². The van der Waals surface area contributed by atoms with Crippen molar-refractivity contribution in [1.82, 2.24) is 9.55 Å². The lowest BCUT2D eigenvalue weighted by atomic mass is 10.00. The molecule has 2 aromatic rings. The molecule has 0 radical (unpaired) electrons. The second-order valence-corrected chi connectivity index (χ2v) is 5.66. The third kappa shape index (κ3) is 2.18. The highest BCUT2D eigenvalue weighted by atomic mass is 32.1. The third-order valence-corrected chi connectivity index (χ3v) is 4.20. The Morgan fingerprint density at radius 1 is 1.61 bits per heavy atom. The van der Waals surface area contributed by atoms with Crippen LogP contribution in [0, 0.1) is 5.92 Å². The summed E-state index contributed by atoms with van der Waals surface area (Å²) in [4.78, 5) is 16.9. The number of imidazole rings is 1. The van der Waals surface area contributed by atoms with Gasteiger partial charge in [-0.3, -0.25) is 4.79 Å². The van der Waals surface area contributed by atoms with E-state index < -0.39 is 5.97 Å². The fraction of sp³-hybridized carbons (Fsp3) is 0.385. The standard InChI is InChI=1S/C13H14N2O2S/c16-13(17)9-3-4-12-14-10(8-15(12)7-9)6-11-2-1-5-18-11/h1-2,5,8-9H,3-4,6-7H2,(H,16,17). The minimum atomic E-state index is -0.700. The number of hydrogen-bond acceptors (Lipinski definition) is 3. The Labute approximate surface area is 109 Å². The molecule has 1 N–H and O–H groups in total. The van der Waals surface area contributed by atoms with Crippen LogP contribution in [0.1, 0.15) is 22.8 Å². The molecule has 18 heavy (non-hydrogen) atoms. The van der Waals surface area contributed by atoms with E-state index in [2.05, 4.69) is 16.4 Å². The van der Waals surface area contributed by atoms with Gasteiger partial charge in [-0.15, -0.1) is 11.3 Å². The topological polar surface area (TPSA) is 55.1 Å². The fourth-order valence-electron chi connectivity index (χ4n) is 2.38. The van der Waals surface area contributed by atoms with Crippen molar-refractivity contribution in [2.24, 2.45) is 5.92 Å². The number of aliphatic carboxylic acids is 1. The van der Waals surface area contributed by atoms with Crippen molar-refractivity contribution in [3.63, 3.8) is 0 Å². The molecule has 0 fully saturated rings. The van der Waals surface area contributed by atoms with E-state index in [1.165, 1.54) is 4.88 Å². The van der Waals surface area contributed by atoms with E-state index >= 15 is 0 Å². The van der Waals surface area contributed by atoms with Crippen LogP contribution in [-0.2, 0) is 24.2 Å². The smallest absolute Gasteiger partial charge is 0.308 e. The zero-order valence-corrected chi connectivity index (χ0v) is 10.7. The molecule has 0 saturated carbocycles. The van der Waals surface area contributed by atoms with Gasteiger partial charge >= 0.3 is 5.97 Å². The molecule has 4 nitrogen and oxygen atoms in total. The fourth-order valence-corrected chi connectivity index (χ4v) is 3.10. The van der Waals surface area contributed by atoms with Gasteiger partial charge in [0.1, 0.15) is 5.82 Å². The minimum absolute atomic E-state index is 0.263. The molecule has 0 bridgehead atoms. The Morgan fingerprint density at radius 2 is 2.50 bits per heavy atom. The van der Waals surface area contributed by atoms with E-state index in [0.717, 1.165) is 24.4 Å². The number of aromatic nitrogens is 2. The highest BCUT2D eigenvalue weighted by Crippen LogP contribution is 2.22. The van der Waals surface area contributed by atoms with E-state index in [-0.39, 0.29) is 5.92 Å². The number of nitrogens with zero attached hydrogens (tertiary/aromatic N) is 2. The van der Waals surface area contributed by atoms with Crippen LogP contribution in [0.25, 0.3) is 0 Å². The van der Waals surface area contributed by atoms with E-state index in [4.69, 9.17) is 5.11 Å². The Balaban J connectivity index is 1.78. The monoisotopic (exact) mass is 262 g/mol. The summed E-state index contributed by atoms with van der Waals surface area (Å²) >= 11 is 1.73. The Bertz CT molecular complexity index is 560. The van der Waals surface area contributed by atoms with E-state index in [0.29, 0.717) is 13.0 Å². The van der Waals surface area contributed by atoms with Crippen LogP contribution in [0.3, 0.4) is 0 Å². The molecule has 5 heteroatoms. The highest BCUT2D eigenvalue weighted by Gasteiger charge is 2.25. The second-order valence-electron chi connectivity index (χ2n) is 4.63. The summed E-state index contributed by atoms with van der Waals surface area (Å²) in [7, 11) is 0. The third-order valence-electron chi connectivity index (χ3n) is 3.33. The van der Waals surface area contributed by atoms with Crippen molar-refractivity contribution in [3.05, 3.63) is 40.1 Å². The van der Waals surface area contributed by atoms with Crippen molar-refractivity contribution < 1.29 is 9.90 Å². The van der Waals surface area contributed by atoms with Crippen LogP contribution in [0.5, 0.6) is 0 Å². The minimum Gasteiger partial charge on any atom is -0.481 e. The zero-order chi connectivity index (χ0) is 12.5. The maximum atomic E-state index is 11.0. The van der Waals surface area contributed by atoms with Gasteiger partial charge in [-0.1, -0.05) is 6.07 Å². The molecule has 3 rings (SSSR count). The van der Waals surface area contributed by atoms with Crippen LogP contribution in [-0.4, -0.2) is 20.6 Å². The lowest BCUT2D eigenvalue weighted by Gasteiger charge is -2.19. The van der Waals surface area contributed by atoms with Crippen molar-refractivity contribution in [3.8, 4) is 0 Å². The first kappa shape index (κ1) is 11.5. The zero-order valence-electron chi connectivity index (χ0n) is 9.87. The van der Waals surface area contributed by atoms with Gasteiger partial charge in [-0.05, 0) is 17.9 Å². The Kier molecular flexibility index (Phi) is 2.91. The van der Waals surface area contributed by atoms with Gasteiger partial charge in [0.2, 0.25) is 0 Å². The number of carbonyl (C=O) groups is 1. The van der Waals surface area contributed by atoms with E-state index in [9.17, 15) is 4.79 Å². The SMILES string of the molecule is O=C(O)C1CCc2nc(Cc3cccs3)cn2C1. The van der Waals surface area contributed by atoms with Gasteiger partial charge in [-0.25, -0.2) is 4.98 Å². The number of hydrogen-bond donors (Lipinski definition) is 1. The molecule has 0 spiro atoms. The highest BCUT2D eigenvalue weighted by molar-refractivity contribution is 7.09. The summed E-state index contributed by atoms with van der Waals surface area (Å²) in [5.74, 6) is 0.0644. The number of rotatable bonds is 3. The summed E-state index contributed by atoms with van der Waals surface area (Å²) in [6.07, 6.45) is 4.31. The molecule has 94 valence electrons. The molecule has 0 aliphatic carbocycles. The number of thiophene rings is 1. The summed E-state index contributed by atoms with van der Waals surface area (Å²) < 4.78 is 2.01. The number of aryl methyl sites for hydroxylation is 1. The lowest BCUT2D eigenvalue weighted by molar-refractivity contribution is -0.142. The van der Waals surface area contributed by atoms with E-state index in [1.54, 1.807) is 11.3 Å². The van der Waals surface area contributed by atoms with Crippen LogP contribution >= 0.6 is 11.3 Å². The molecule has 1 unspecified atom stereocenters. The van der Waals surface area contributed by atoms with Crippen LogP contribution in [0.2, 0.25) is 0 Å². The molecule has 3 heterocycles. The maximum Gasteiger partial charge on any atom is 0.308 e. The van der Waals surface area contributed by atoms with Crippen molar-refractivity contribution >= 4 is 17.3 Å². The normalized spacial score (nSPS) is 18.6. The Morgan fingerprint density at radius 3 is 3.22 bits per heavy atom.